The average molecular weight is 294 g/mol. The van der Waals surface area contributed by atoms with Gasteiger partial charge in [-0.1, -0.05) is 11.6 Å². The van der Waals surface area contributed by atoms with E-state index in [1.165, 1.54) is 12.8 Å². The van der Waals surface area contributed by atoms with E-state index in [-0.39, 0.29) is 0 Å². The van der Waals surface area contributed by atoms with Crippen molar-refractivity contribution in [3.8, 4) is 0 Å². The smallest absolute Gasteiger partial charge is 0.0677 e. The number of nitrogens with one attached hydrogen (secondary N) is 1. The summed E-state index contributed by atoms with van der Waals surface area (Å²) in [4.78, 5) is 4.49. The fraction of sp³-hybridized carbons (Fsp3) is 0.533. The van der Waals surface area contributed by atoms with Crippen LogP contribution in [0.25, 0.3) is 10.9 Å². The van der Waals surface area contributed by atoms with E-state index in [1.807, 2.05) is 12.4 Å². The van der Waals surface area contributed by atoms with Crippen LogP contribution in [0.4, 0.5) is 0 Å². The molecule has 1 N–H and O–H groups in total. The van der Waals surface area contributed by atoms with E-state index >= 15 is 0 Å². The zero-order valence-electron chi connectivity index (χ0n) is 11.7. The fourth-order valence-electron chi connectivity index (χ4n) is 2.38. The van der Waals surface area contributed by atoms with Gasteiger partial charge in [0, 0.05) is 50.6 Å². The maximum absolute atomic E-state index is 6.27. The molecule has 2 heterocycles. The molecule has 0 atom stereocenters. The summed E-state index contributed by atoms with van der Waals surface area (Å²) in [6.07, 6.45) is 7.44. The van der Waals surface area contributed by atoms with Crippen molar-refractivity contribution in [2.24, 2.45) is 0 Å². The Labute approximate surface area is 124 Å². The van der Waals surface area contributed by atoms with Crippen LogP contribution in [0.5, 0.6) is 0 Å². The van der Waals surface area contributed by atoms with Gasteiger partial charge in [-0.25, -0.2) is 0 Å². The number of nitrogens with zero attached hydrogens (tertiary/aromatic N) is 2. The minimum Gasteiger partial charge on any atom is -0.385 e. The monoisotopic (exact) mass is 293 g/mol. The van der Waals surface area contributed by atoms with Crippen LogP contribution < -0.4 is 5.32 Å². The van der Waals surface area contributed by atoms with Gasteiger partial charge in [0.2, 0.25) is 0 Å². The lowest BCUT2D eigenvalue weighted by molar-refractivity contribution is 0.190. The Morgan fingerprint density at radius 3 is 3.10 bits per heavy atom. The minimum atomic E-state index is 0.699. The SMILES string of the molecule is COCCCn1cc(Cl)c2cnc(CNC3CC3)cc21. The summed E-state index contributed by atoms with van der Waals surface area (Å²) in [6, 6.07) is 2.84. The Bertz CT molecular complexity index is 592. The van der Waals surface area contributed by atoms with Crippen LogP contribution in [0, 0.1) is 0 Å². The molecule has 0 aromatic carbocycles. The third-order valence-corrected chi connectivity index (χ3v) is 3.97. The Morgan fingerprint density at radius 2 is 2.35 bits per heavy atom. The number of hydrogen-bond donors (Lipinski definition) is 1. The van der Waals surface area contributed by atoms with Crippen molar-refractivity contribution >= 4 is 22.5 Å². The van der Waals surface area contributed by atoms with Crippen molar-refractivity contribution < 1.29 is 4.74 Å². The molecule has 20 heavy (non-hydrogen) atoms. The van der Waals surface area contributed by atoms with Gasteiger partial charge in [0.05, 0.1) is 16.2 Å². The highest BCUT2D eigenvalue weighted by molar-refractivity contribution is 6.35. The van der Waals surface area contributed by atoms with E-state index in [4.69, 9.17) is 16.3 Å². The van der Waals surface area contributed by atoms with Crippen LogP contribution in [0.2, 0.25) is 5.02 Å². The number of aromatic nitrogens is 2. The summed E-state index contributed by atoms with van der Waals surface area (Å²) < 4.78 is 7.30. The van der Waals surface area contributed by atoms with Gasteiger partial charge < -0.3 is 14.6 Å². The van der Waals surface area contributed by atoms with Crippen molar-refractivity contribution in [2.75, 3.05) is 13.7 Å². The largest absolute Gasteiger partial charge is 0.385 e. The number of halogens is 1. The number of ether oxygens (including phenoxy) is 1. The zero-order chi connectivity index (χ0) is 13.9. The first kappa shape index (κ1) is 13.9. The molecule has 0 radical (unpaired) electrons. The minimum absolute atomic E-state index is 0.699. The highest BCUT2D eigenvalue weighted by atomic mass is 35.5. The summed E-state index contributed by atoms with van der Waals surface area (Å²) in [5.41, 5.74) is 2.24. The topological polar surface area (TPSA) is 39.1 Å². The van der Waals surface area contributed by atoms with Gasteiger partial charge in [-0.2, -0.15) is 0 Å². The quantitative estimate of drug-likeness (QED) is 0.798. The normalized spacial score (nSPS) is 15.1. The molecule has 1 aliphatic carbocycles. The predicted molar refractivity (Wildman–Crippen MR) is 81.1 cm³/mol. The first-order valence-electron chi connectivity index (χ1n) is 7.13. The molecular formula is C15H20ClN3O. The molecule has 5 heteroatoms. The Morgan fingerprint density at radius 1 is 1.50 bits per heavy atom. The van der Waals surface area contributed by atoms with E-state index in [9.17, 15) is 0 Å². The summed E-state index contributed by atoms with van der Waals surface area (Å²) in [5.74, 6) is 0. The van der Waals surface area contributed by atoms with Gasteiger partial charge in [0.15, 0.2) is 0 Å². The van der Waals surface area contributed by atoms with Gasteiger partial charge in [0.1, 0.15) is 0 Å². The molecule has 0 saturated heterocycles. The van der Waals surface area contributed by atoms with Crippen LogP contribution in [0.1, 0.15) is 25.0 Å². The van der Waals surface area contributed by atoms with E-state index < -0.39 is 0 Å². The van der Waals surface area contributed by atoms with Gasteiger partial charge in [0.25, 0.3) is 0 Å². The van der Waals surface area contributed by atoms with Crippen LogP contribution in [-0.2, 0) is 17.8 Å². The van der Waals surface area contributed by atoms with Gasteiger partial charge in [-0.05, 0) is 25.3 Å². The van der Waals surface area contributed by atoms with Crippen LogP contribution >= 0.6 is 11.6 Å². The zero-order valence-corrected chi connectivity index (χ0v) is 12.5. The van der Waals surface area contributed by atoms with Gasteiger partial charge in [-0.15, -0.1) is 0 Å². The standard InChI is InChI=1S/C15H20ClN3O/c1-20-6-2-5-19-10-14(16)13-9-18-12(7-15(13)19)8-17-11-3-4-11/h7,9-11,17H,2-6,8H2,1H3. The number of hydrogen-bond acceptors (Lipinski definition) is 3. The molecule has 0 aliphatic heterocycles. The molecule has 108 valence electrons. The van der Waals surface area contributed by atoms with Gasteiger partial charge in [-0.3, -0.25) is 4.98 Å². The molecule has 1 aliphatic rings. The van der Waals surface area contributed by atoms with Crippen molar-refractivity contribution in [2.45, 2.75) is 38.4 Å². The molecule has 3 rings (SSSR count). The fourth-order valence-corrected chi connectivity index (χ4v) is 2.64. The number of rotatable bonds is 7. The van der Waals surface area contributed by atoms with E-state index in [0.29, 0.717) is 6.04 Å². The molecule has 2 aromatic rings. The molecule has 0 bridgehead atoms. The first-order valence-corrected chi connectivity index (χ1v) is 7.51. The average Bonchev–Trinajstić information content (AvgIpc) is 3.23. The molecular weight excluding hydrogens is 274 g/mol. The summed E-state index contributed by atoms with van der Waals surface area (Å²) in [5, 5.41) is 5.29. The molecule has 2 aromatic heterocycles. The van der Waals surface area contributed by atoms with Crippen molar-refractivity contribution in [3.63, 3.8) is 0 Å². The van der Waals surface area contributed by atoms with Crippen LogP contribution in [-0.4, -0.2) is 29.3 Å². The van der Waals surface area contributed by atoms with E-state index in [0.717, 1.165) is 47.7 Å². The van der Waals surface area contributed by atoms with Gasteiger partial charge >= 0.3 is 0 Å². The molecule has 1 fully saturated rings. The number of methoxy groups -OCH3 is 1. The predicted octanol–water partition coefficient (Wildman–Crippen LogP) is 2.98. The second-order valence-electron chi connectivity index (χ2n) is 5.36. The second kappa shape index (κ2) is 6.12. The highest BCUT2D eigenvalue weighted by Crippen LogP contribution is 2.26. The van der Waals surface area contributed by atoms with Crippen LogP contribution in [0.15, 0.2) is 18.5 Å². The molecule has 0 unspecified atom stereocenters. The highest BCUT2D eigenvalue weighted by Gasteiger charge is 2.20. The third-order valence-electron chi connectivity index (χ3n) is 3.67. The Balaban J connectivity index is 1.79. The van der Waals surface area contributed by atoms with Crippen molar-refractivity contribution in [1.82, 2.24) is 14.9 Å². The lowest BCUT2D eigenvalue weighted by Crippen LogP contribution is -2.16. The third kappa shape index (κ3) is 3.14. The maximum Gasteiger partial charge on any atom is 0.0677 e. The first-order chi connectivity index (χ1) is 9.78. The van der Waals surface area contributed by atoms with E-state index in [1.54, 1.807) is 7.11 Å². The summed E-state index contributed by atoms with van der Waals surface area (Å²) in [6.45, 7) is 2.51. The number of pyridine rings is 1. The van der Waals surface area contributed by atoms with Crippen molar-refractivity contribution in [3.05, 3.63) is 29.2 Å². The maximum atomic E-state index is 6.27. The molecule has 0 amide bonds. The van der Waals surface area contributed by atoms with Crippen LogP contribution in [0.3, 0.4) is 0 Å². The Kier molecular flexibility index (Phi) is 4.24. The molecule has 1 saturated carbocycles. The molecule has 4 nitrogen and oxygen atoms in total. The lowest BCUT2D eigenvalue weighted by atomic mass is 10.2. The molecule has 0 spiro atoms. The van der Waals surface area contributed by atoms with Crippen molar-refractivity contribution in [1.29, 1.82) is 0 Å². The number of aryl methyl sites for hydroxylation is 1. The summed E-state index contributed by atoms with van der Waals surface area (Å²) in [7, 11) is 1.73. The van der Waals surface area contributed by atoms with E-state index in [2.05, 4.69) is 20.9 Å². The Hall–Kier alpha value is -1.10. The lowest BCUT2D eigenvalue weighted by Gasteiger charge is -2.07. The number of fused-ring (bicyclic) bond motifs is 1. The summed E-state index contributed by atoms with van der Waals surface area (Å²) >= 11 is 6.27. The second-order valence-corrected chi connectivity index (χ2v) is 5.77.